The zero-order valence-electron chi connectivity index (χ0n) is 9.10. The molecule has 2 aromatic rings. The van der Waals surface area contributed by atoms with E-state index in [9.17, 15) is 4.79 Å². The maximum absolute atomic E-state index is 10.9. The highest BCUT2D eigenvalue weighted by Crippen LogP contribution is 2.13. The van der Waals surface area contributed by atoms with Crippen molar-refractivity contribution in [2.75, 3.05) is 0 Å². The van der Waals surface area contributed by atoms with Crippen LogP contribution in [0.4, 0.5) is 0 Å². The molecule has 0 aliphatic rings. The largest absolute Gasteiger partial charge is 0.338 e. The molecule has 0 aliphatic heterocycles. The van der Waals surface area contributed by atoms with E-state index in [1.54, 1.807) is 6.07 Å². The molecule has 0 radical (unpaired) electrons. The van der Waals surface area contributed by atoms with Gasteiger partial charge in [0, 0.05) is 5.69 Å². The molecule has 82 valence electrons. The topological polar surface area (TPSA) is 68.9 Å². The number of rotatable bonds is 3. The highest BCUT2D eigenvalue weighted by molar-refractivity contribution is 5.77. The summed E-state index contributed by atoms with van der Waals surface area (Å²) < 4.78 is 4.95. The maximum Gasteiger partial charge on any atom is 0.234 e. The van der Waals surface area contributed by atoms with Gasteiger partial charge in [-0.15, -0.1) is 0 Å². The molecule has 0 fully saturated rings. The molecule has 2 aromatic heterocycles. The molecule has 0 unspecified atom stereocenters. The van der Waals surface area contributed by atoms with Crippen molar-refractivity contribution in [3.8, 4) is 11.5 Å². The summed E-state index contributed by atoms with van der Waals surface area (Å²) in [6.07, 6.45) is 0.165. The molecule has 0 aliphatic carbocycles. The van der Waals surface area contributed by atoms with Crippen LogP contribution in [0.25, 0.3) is 11.5 Å². The Morgan fingerprint density at radius 2 is 2.19 bits per heavy atom. The first-order chi connectivity index (χ1) is 7.65. The predicted molar refractivity (Wildman–Crippen MR) is 56.7 cm³/mol. The lowest BCUT2D eigenvalue weighted by Crippen LogP contribution is -1.96. The van der Waals surface area contributed by atoms with Gasteiger partial charge in [0.1, 0.15) is 11.5 Å². The molecule has 0 atom stereocenters. The molecule has 5 heteroatoms. The number of carbonyl (C=O) groups excluding carboxylic acids is 1. The van der Waals surface area contributed by atoms with Gasteiger partial charge in [0.2, 0.25) is 11.7 Å². The molecule has 16 heavy (non-hydrogen) atoms. The Morgan fingerprint density at radius 1 is 1.38 bits per heavy atom. The third-order valence-electron chi connectivity index (χ3n) is 1.99. The third-order valence-corrected chi connectivity index (χ3v) is 1.99. The van der Waals surface area contributed by atoms with Crippen LogP contribution in [0.3, 0.4) is 0 Å². The zero-order valence-corrected chi connectivity index (χ0v) is 9.10. The highest BCUT2D eigenvalue weighted by Gasteiger charge is 2.10. The normalized spacial score (nSPS) is 10.4. The Bertz CT molecular complexity index is 519. The van der Waals surface area contributed by atoms with Gasteiger partial charge in [0.25, 0.3) is 0 Å². The minimum absolute atomic E-state index is 0.00704. The van der Waals surface area contributed by atoms with Crippen molar-refractivity contribution < 1.29 is 9.32 Å². The second-order valence-electron chi connectivity index (χ2n) is 3.55. The van der Waals surface area contributed by atoms with Crippen molar-refractivity contribution in [2.24, 2.45) is 0 Å². The van der Waals surface area contributed by atoms with Crippen molar-refractivity contribution in [3.05, 3.63) is 29.8 Å². The van der Waals surface area contributed by atoms with Crippen LogP contribution in [0.5, 0.6) is 0 Å². The van der Waals surface area contributed by atoms with E-state index in [1.165, 1.54) is 6.92 Å². The Morgan fingerprint density at radius 3 is 2.88 bits per heavy atom. The molecule has 0 saturated carbocycles. The van der Waals surface area contributed by atoms with Crippen LogP contribution in [0.2, 0.25) is 0 Å². The number of Topliss-reactive ketones (excluding diaryl/α,β-unsaturated/α-hetero) is 1. The standard InChI is InChI=1S/C11H11N3O2/c1-7-4-3-5-9(12-7)11-13-10(16-14-11)6-8(2)15/h3-5H,6H2,1-2H3. The van der Waals surface area contributed by atoms with Crippen molar-refractivity contribution >= 4 is 5.78 Å². The number of hydrogen-bond acceptors (Lipinski definition) is 5. The molecule has 0 aromatic carbocycles. The fraction of sp³-hybridized carbons (Fsp3) is 0.273. The summed E-state index contributed by atoms with van der Waals surface area (Å²) >= 11 is 0. The van der Waals surface area contributed by atoms with Gasteiger partial charge >= 0.3 is 0 Å². The fourth-order valence-corrected chi connectivity index (χ4v) is 1.31. The second-order valence-corrected chi connectivity index (χ2v) is 3.55. The van der Waals surface area contributed by atoms with Crippen LogP contribution < -0.4 is 0 Å². The van der Waals surface area contributed by atoms with Crippen molar-refractivity contribution in [1.29, 1.82) is 0 Å². The monoisotopic (exact) mass is 217 g/mol. The Labute approximate surface area is 92.5 Å². The Balaban J connectivity index is 2.28. The smallest absolute Gasteiger partial charge is 0.234 e. The van der Waals surface area contributed by atoms with Crippen LogP contribution in [-0.2, 0) is 11.2 Å². The lowest BCUT2D eigenvalue weighted by Gasteiger charge is -1.94. The zero-order chi connectivity index (χ0) is 11.5. The van der Waals surface area contributed by atoms with E-state index in [0.717, 1.165) is 5.69 Å². The van der Waals surface area contributed by atoms with E-state index in [1.807, 2.05) is 19.1 Å². The maximum atomic E-state index is 10.9. The minimum Gasteiger partial charge on any atom is -0.338 e. The first-order valence-corrected chi connectivity index (χ1v) is 4.91. The van der Waals surface area contributed by atoms with Crippen LogP contribution >= 0.6 is 0 Å². The summed E-state index contributed by atoms with van der Waals surface area (Å²) in [7, 11) is 0. The second kappa shape index (κ2) is 4.22. The lowest BCUT2D eigenvalue weighted by molar-refractivity contribution is -0.116. The summed E-state index contributed by atoms with van der Waals surface area (Å²) in [6.45, 7) is 3.37. The van der Waals surface area contributed by atoms with Gasteiger partial charge < -0.3 is 4.52 Å². The number of nitrogens with zero attached hydrogens (tertiary/aromatic N) is 3. The highest BCUT2D eigenvalue weighted by atomic mass is 16.5. The van der Waals surface area contributed by atoms with E-state index in [-0.39, 0.29) is 12.2 Å². The van der Waals surface area contributed by atoms with E-state index in [2.05, 4.69) is 15.1 Å². The van der Waals surface area contributed by atoms with Gasteiger partial charge in [0.15, 0.2) is 0 Å². The van der Waals surface area contributed by atoms with Crippen LogP contribution in [0.15, 0.2) is 22.7 Å². The quantitative estimate of drug-likeness (QED) is 0.780. The lowest BCUT2D eigenvalue weighted by atomic mass is 10.3. The van der Waals surface area contributed by atoms with Crippen LogP contribution in [-0.4, -0.2) is 20.9 Å². The number of pyridine rings is 1. The van der Waals surface area contributed by atoms with E-state index < -0.39 is 0 Å². The van der Waals surface area contributed by atoms with Gasteiger partial charge in [-0.25, -0.2) is 4.98 Å². The van der Waals surface area contributed by atoms with E-state index >= 15 is 0 Å². The fourth-order valence-electron chi connectivity index (χ4n) is 1.31. The van der Waals surface area contributed by atoms with E-state index in [4.69, 9.17) is 4.52 Å². The molecule has 0 saturated heterocycles. The summed E-state index contributed by atoms with van der Waals surface area (Å²) in [5.41, 5.74) is 1.54. The van der Waals surface area contributed by atoms with Crippen LogP contribution in [0.1, 0.15) is 18.5 Å². The average Bonchev–Trinajstić information content (AvgIpc) is 2.65. The van der Waals surface area contributed by atoms with Gasteiger partial charge in [-0.1, -0.05) is 11.2 Å². The first-order valence-electron chi connectivity index (χ1n) is 4.91. The molecule has 5 nitrogen and oxygen atoms in total. The molecular formula is C11H11N3O2. The average molecular weight is 217 g/mol. The third kappa shape index (κ3) is 2.31. The molecule has 2 heterocycles. The molecular weight excluding hydrogens is 206 g/mol. The predicted octanol–water partition coefficient (Wildman–Crippen LogP) is 1.57. The number of carbonyl (C=O) groups is 1. The number of hydrogen-bond donors (Lipinski definition) is 0. The summed E-state index contributed by atoms with van der Waals surface area (Å²) in [5, 5.41) is 3.78. The van der Waals surface area contributed by atoms with Crippen molar-refractivity contribution in [2.45, 2.75) is 20.3 Å². The molecule has 0 spiro atoms. The van der Waals surface area contributed by atoms with Crippen molar-refractivity contribution in [3.63, 3.8) is 0 Å². The van der Waals surface area contributed by atoms with Crippen LogP contribution in [0, 0.1) is 6.92 Å². The molecule has 0 N–H and O–H groups in total. The first kappa shape index (κ1) is 10.5. The Hall–Kier alpha value is -2.04. The number of ketones is 1. The number of aryl methyl sites for hydroxylation is 1. The van der Waals surface area contributed by atoms with Crippen molar-refractivity contribution in [1.82, 2.24) is 15.1 Å². The number of aromatic nitrogens is 3. The van der Waals surface area contributed by atoms with Gasteiger partial charge in [0.05, 0.1) is 6.42 Å². The molecule has 0 bridgehead atoms. The van der Waals surface area contributed by atoms with E-state index in [0.29, 0.717) is 17.4 Å². The van der Waals surface area contributed by atoms with Gasteiger partial charge in [-0.2, -0.15) is 4.98 Å². The SMILES string of the molecule is CC(=O)Cc1nc(-c2cccc(C)n2)no1. The Kier molecular flexibility index (Phi) is 2.76. The van der Waals surface area contributed by atoms with Gasteiger partial charge in [-0.05, 0) is 26.0 Å². The summed E-state index contributed by atoms with van der Waals surface area (Å²) in [5.74, 6) is 0.734. The summed E-state index contributed by atoms with van der Waals surface area (Å²) in [6, 6.07) is 5.56. The molecule has 0 amide bonds. The summed E-state index contributed by atoms with van der Waals surface area (Å²) in [4.78, 5) is 19.2. The molecule has 2 rings (SSSR count). The van der Waals surface area contributed by atoms with Gasteiger partial charge in [-0.3, -0.25) is 4.79 Å². The minimum atomic E-state index is -0.00704.